The predicted molar refractivity (Wildman–Crippen MR) is 63.2 cm³/mol. The summed E-state index contributed by atoms with van der Waals surface area (Å²) < 4.78 is 0. The smallest absolute Gasteiger partial charge is 0.128 e. The maximum atomic E-state index is 9.43. The zero-order valence-electron chi connectivity index (χ0n) is 9.44. The number of phenols is 1. The molecular formula is C13H14N2O. The Kier molecular flexibility index (Phi) is 2.86. The highest BCUT2D eigenvalue weighted by Gasteiger charge is 2.05. The highest BCUT2D eigenvalue weighted by Crippen LogP contribution is 2.24. The molecule has 16 heavy (non-hydrogen) atoms. The lowest BCUT2D eigenvalue weighted by atomic mass is 10.1. The van der Waals surface area contributed by atoms with E-state index in [1.54, 1.807) is 12.1 Å². The minimum absolute atomic E-state index is 0.261. The van der Waals surface area contributed by atoms with Gasteiger partial charge in [0.25, 0.3) is 0 Å². The molecule has 2 rings (SSSR count). The standard InChI is InChI=1S/C13H14N2O/c1-3-13-14-8-12(9(2)15-13)10-5-4-6-11(16)7-10/h4-8,16H,3H2,1-2H3. The van der Waals surface area contributed by atoms with Crippen LogP contribution < -0.4 is 0 Å². The summed E-state index contributed by atoms with van der Waals surface area (Å²) >= 11 is 0. The van der Waals surface area contributed by atoms with Gasteiger partial charge in [0.05, 0.1) is 0 Å². The van der Waals surface area contributed by atoms with Gasteiger partial charge in [0, 0.05) is 23.9 Å². The van der Waals surface area contributed by atoms with Gasteiger partial charge in [-0.2, -0.15) is 0 Å². The highest BCUT2D eigenvalue weighted by molar-refractivity contribution is 5.66. The molecule has 0 atom stereocenters. The molecule has 0 aliphatic carbocycles. The summed E-state index contributed by atoms with van der Waals surface area (Å²) in [6, 6.07) is 7.13. The van der Waals surface area contributed by atoms with E-state index in [1.165, 1.54) is 0 Å². The van der Waals surface area contributed by atoms with Crippen LogP contribution in [0.4, 0.5) is 0 Å². The van der Waals surface area contributed by atoms with Gasteiger partial charge >= 0.3 is 0 Å². The normalized spacial score (nSPS) is 10.4. The van der Waals surface area contributed by atoms with Crippen molar-refractivity contribution >= 4 is 0 Å². The fraction of sp³-hybridized carbons (Fsp3) is 0.231. The van der Waals surface area contributed by atoms with Crippen LogP contribution in [0.15, 0.2) is 30.5 Å². The molecule has 0 saturated carbocycles. The number of aromatic hydroxyl groups is 1. The molecule has 2 aromatic rings. The number of benzene rings is 1. The Hall–Kier alpha value is -1.90. The Morgan fingerprint density at radius 1 is 1.31 bits per heavy atom. The first-order valence-electron chi connectivity index (χ1n) is 5.32. The molecule has 1 N–H and O–H groups in total. The summed E-state index contributed by atoms with van der Waals surface area (Å²) in [6.45, 7) is 3.99. The second-order valence-corrected chi connectivity index (χ2v) is 3.69. The van der Waals surface area contributed by atoms with E-state index in [9.17, 15) is 5.11 Å². The van der Waals surface area contributed by atoms with Crippen LogP contribution in [0.3, 0.4) is 0 Å². The van der Waals surface area contributed by atoms with Gasteiger partial charge in [0.2, 0.25) is 0 Å². The van der Waals surface area contributed by atoms with Gasteiger partial charge < -0.3 is 5.11 Å². The van der Waals surface area contributed by atoms with Gasteiger partial charge in [-0.3, -0.25) is 0 Å². The lowest BCUT2D eigenvalue weighted by Crippen LogP contribution is -1.97. The minimum atomic E-state index is 0.261. The van der Waals surface area contributed by atoms with E-state index in [-0.39, 0.29) is 5.75 Å². The van der Waals surface area contributed by atoms with E-state index in [2.05, 4.69) is 9.97 Å². The van der Waals surface area contributed by atoms with Crippen molar-refractivity contribution in [3.05, 3.63) is 42.0 Å². The Morgan fingerprint density at radius 3 is 2.75 bits per heavy atom. The summed E-state index contributed by atoms with van der Waals surface area (Å²) in [6.07, 6.45) is 2.65. The summed E-state index contributed by atoms with van der Waals surface area (Å²) in [7, 11) is 0. The largest absolute Gasteiger partial charge is 0.508 e. The maximum absolute atomic E-state index is 9.43. The molecule has 0 aliphatic heterocycles. The van der Waals surface area contributed by atoms with Crippen molar-refractivity contribution in [1.29, 1.82) is 0 Å². The van der Waals surface area contributed by atoms with Gasteiger partial charge in [-0.15, -0.1) is 0 Å². The average Bonchev–Trinajstić information content (AvgIpc) is 2.28. The maximum Gasteiger partial charge on any atom is 0.128 e. The number of aryl methyl sites for hydroxylation is 2. The van der Waals surface area contributed by atoms with Crippen LogP contribution in [0, 0.1) is 6.92 Å². The number of nitrogens with zero attached hydrogens (tertiary/aromatic N) is 2. The summed E-state index contributed by atoms with van der Waals surface area (Å²) in [5.41, 5.74) is 2.85. The molecule has 0 unspecified atom stereocenters. The van der Waals surface area contributed by atoms with E-state index < -0.39 is 0 Å². The zero-order valence-corrected chi connectivity index (χ0v) is 9.44. The first kappa shape index (κ1) is 10.6. The van der Waals surface area contributed by atoms with Crippen LogP contribution >= 0.6 is 0 Å². The number of rotatable bonds is 2. The molecule has 0 fully saturated rings. The molecule has 0 saturated heterocycles. The van der Waals surface area contributed by atoms with E-state index in [4.69, 9.17) is 0 Å². The molecule has 1 aromatic carbocycles. The molecule has 1 heterocycles. The summed E-state index contributed by atoms with van der Waals surface area (Å²) in [4.78, 5) is 8.68. The van der Waals surface area contributed by atoms with Crippen molar-refractivity contribution < 1.29 is 5.11 Å². The Balaban J connectivity index is 2.48. The van der Waals surface area contributed by atoms with Crippen LogP contribution in [-0.4, -0.2) is 15.1 Å². The Bertz CT molecular complexity index is 509. The quantitative estimate of drug-likeness (QED) is 0.836. The number of phenolic OH excluding ortho intramolecular Hbond substituents is 1. The average molecular weight is 214 g/mol. The monoisotopic (exact) mass is 214 g/mol. The first-order valence-corrected chi connectivity index (χ1v) is 5.32. The van der Waals surface area contributed by atoms with Crippen molar-refractivity contribution in [3.8, 4) is 16.9 Å². The van der Waals surface area contributed by atoms with E-state index in [0.717, 1.165) is 29.1 Å². The summed E-state index contributed by atoms with van der Waals surface area (Å²) in [5, 5.41) is 9.43. The number of hydrogen-bond acceptors (Lipinski definition) is 3. The Morgan fingerprint density at radius 2 is 2.12 bits per heavy atom. The third-order valence-electron chi connectivity index (χ3n) is 2.50. The topological polar surface area (TPSA) is 46.0 Å². The molecule has 3 heteroatoms. The van der Waals surface area contributed by atoms with Crippen molar-refractivity contribution in [3.63, 3.8) is 0 Å². The molecule has 0 aliphatic rings. The second kappa shape index (κ2) is 4.31. The molecule has 0 amide bonds. The molecule has 0 spiro atoms. The van der Waals surface area contributed by atoms with Gasteiger partial charge in [-0.1, -0.05) is 19.1 Å². The molecular weight excluding hydrogens is 200 g/mol. The minimum Gasteiger partial charge on any atom is -0.508 e. The van der Waals surface area contributed by atoms with Gasteiger partial charge in [0.1, 0.15) is 11.6 Å². The fourth-order valence-corrected chi connectivity index (χ4v) is 1.64. The second-order valence-electron chi connectivity index (χ2n) is 3.69. The van der Waals surface area contributed by atoms with Crippen LogP contribution in [-0.2, 0) is 6.42 Å². The molecule has 0 bridgehead atoms. The van der Waals surface area contributed by atoms with Gasteiger partial charge in [-0.25, -0.2) is 9.97 Å². The third kappa shape index (κ3) is 2.03. The number of aromatic nitrogens is 2. The van der Waals surface area contributed by atoms with Crippen molar-refractivity contribution in [2.24, 2.45) is 0 Å². The molecule has 0 radical (unpaired) electrons. The fourth-order valence-electron chi connectivity index (χ4n) is 1.64. The van der Waals surface area contributed by atoms with E-state index in [0.29, 0.717) is 0 Å². The lowest BCUT2D eigenvalue weighted by molar-refractivity contribution is 0.475. The first-order chi connectivity index (χ1) is 7.70. The van der Waals surface area contributed by atoms with Crippen molar-refractivity contribution in [2.45, 2.75) is 20.3 Å². The molecule has 82 valence electrons. The van der Waals surface area contributed by atoms with E-state index >= 15 is 0 Å². The Labute approximate surface area is 94.8 Å². The lowest BCUT2D eigenvalue weighted by Gasteiger charge is -2.06. The van der Waals surface area contributed by atoms with Crippen molar-refractivity contribution in [2.75, 3.05) is 0 Å². The third-order valence-corrected chi connectivity index (χ3v) is 2.50. The molecule has 1 aromatic heterocycles. The molecule has 3 nitrogen and oxygen atoms in total. The van der Waals surface area contributed by atoms with Crippen LogP contribution in [0.1, 0.15) is 18.4 Å². The van der Waals surface area contributed by atoms with Gasteiger partial charge in [0.15, 0.2) is 0 Å². The van der Waals surface area contributed by atoms with Crippen LogP contribution in [0.5, 0.6) is 5.75 Å². The predicted octanol–water partition coefficient (Wildman–Crippen LogP) is 2.72. The number of hydrogen-bond donors (Lipinski definition) is 1. The highest BCUT2D eigenvalue weighted by atomic mass is 16.3. The van der Waals surface area contributed by atoms with Crippen LogP contribution in [0.2, 0.25) is 0 Å². The SMILES string of the molecule is CCc1ncc(-c2cccc(O)c2)c(C)n1. The zero-order chi connectivity index (χ0) is 11.5. The van der Waals surface area contributed by atoms with Crippen molar-refractivity contribution in [1.82, 2.24) is 9.97 Å². The van der Waals surface area contributed by atoms with E-state index in [1.807, 2.05) is 32.2 Å². The van der Waals surface area contributed by atoms with Crippen LogP contribution in [0.25, 0.3) is 11.1 Å². The summed E-state index contributed by atoms with van der Waals surface area (Å²) in [5.74, 6) is 1.11. The van der Waals surface area contributed by atoms with Gasteiger partial charge in [-0.05, 0) is 24.6 Å².